The number of hydrogen-bond donors (Lipinski definition) is 2. The van der Waals surface area contributed by atoms with Crippen molar-refractivity contribution in [3.63, 3.8) is 0 Å². The molecule has 4 nitrogen and oxygen atoms in total. The molecule has 0 spiro atoms. The standard InChI is InChI=1S/C10H21N3O/c1-8-5-13(6-9(8)2)7-10(14)12-4-3-11/h8-9H,3-7,11H2,1-2H3,(H,12,14). The van der Waals surface area contributed by atoms with Crippen LogP contribution >= 0.6 is 0 Å². The van der Waals surface area contributed by atoms with Crippen LogP contribution in [-0.4, -0.2) is 43.5 Å². The van der Waals surface area contributed by atoms with Crippen molar-refractivity contribution in [3.8, 4) is 0 Å². The second-order valence-corrected chi connectivity index (χ2v) is 4.29. The first-order chi connectivity index (χ1) is 6.63. The Kier molecular flexibility index (Phi) is 4.35. The Morgan fingerprint density at radius 2 is 2.00 bits per heavy atom. The van der Waals surface area contributed by atoms with Crippen LogP contribution in [0.15, 0.2) is 0 Å². The highest BCUT2D eigenvalue weighted by Crippen LogP contribution is 2.21. The van der Waals surface area contributed by atoms with Crippen molar-refractivity contribution in [2.24, 2.45) is 17.6 Å². The summed E-state index contributed by atoms with van der Waals surface area (Å²) in [4.78, 5) is 13.6. The second kappa shape index (κ2) is 5.32. The third kappa shape index (κ3) is 3.27. The number of nitrogens with two attached hydrogens (primary N) is 1. The molecule has 3 N–H and O–H groups in total. The van der Waals surface area contributed by atoms with Crippen LogP contribution in [0.4, 0.5) is 0 Å². The molecule has 0 saturated carbocycles. The minimum Gasteiger partial charge on any atom is -0.354 e. The Morgan fingerprint density at radius 3 is 2.50 bits per heavy atom. The number of nitrogens with one attached hydrogen (secondary N) is 1. The zero-order valence-electron chi connectivity index (χ0n) is 9.12. The molecular formula is C10H21N3O. The summed E-state index contributed by atoms with van der Waals surface area (Å²) in [6, 6.07) is 0. The Balaban J connectivity index is 2.21. The normalized spacial score (nSPS) is 27.9. The van der Waals surface area contributed by atoms with Gasteiger partial charge in [0.1, 0.15) is 0 Å². The first kappa shape index (κ1) is 11.5. The predicted molar refractivity (Wildman–Crippen MR) is 56.8 cm³/mol. The van der Waals surface area contributed by atoms with Crippen LogP contribution in [0.3, 0.4) is 0 Å². The SMILES string of the molecule is CC1CN(CC(=O)NCCN)CC1C. The minimum absolute atomic E-state index is 0.0942. The van der Waals surface area contributed by atoms with Crippen LogP contribution in [-0.2, 0) is 4.79 Å². The van der Waals surface area contributed by atoms with Gasteiger partial charge in [-0.3, -0.25) is 9.69 Å². The van der Waals surface area contributed by atoms with E-state index in [9.17, 15) is 4.79 Å². The molecule has 2 unspecified atom stereocenters. The Morgan fingerprint density at radius 1 is 1.43 bits per heavy atom. The van der Waals surface area contributed by atoms with Crippen molar-refractivity contribution in [2.75, 3.05) is 32.7 Å². The highest BCUT2D eigenvalue weighted by atomic mass is 16.2. The first-order valence-electron chi connectivity index (χ1n) is 5.32. The molecule has 1 aliphatic heterocycles. The Labute approximate surface area is 85.8 Å². The van der Waals surface area contributed by atoms with Crippen molar-refractivity contribution in [1.29, 1.82) is 0 Å². The van der Waals surface area contributed by atoms with Gasteiger partial charge in [0, 0.05) is 26.2 Å². The van der Waals surface area contributed by atoms with E-state index in [1.165, 1.54) is 0 Å². The molecule has 0 aromatic carbocycles. The number of hydrogen-bond acceptors (Lipinski definition) is 3. The summed E-state index contributed by atoms with van der Waals surface area (Å²) in [5, 5.41) is 2.78. The number of amides is 1. The molecule has 14 heavy (non-hydrogen) atoms. The van der Waals surface area contributed by atoms with Gasteiger partial charge in [0.05, 0.1) is 6.54 Å². The maximum Gasteiger partial charge on any atom is 0.234 e. The van der Waals surface area contributed by atoms with E-state index in [2.05, 4.69) is 24.1 Å². The second-order valence-electron chi connectivity index (χ2n) is 4.29. The van der Waals surface area contributed by atoms with E-state index in [-0.39, 0.29) is 5.91 Å². The lowest BCUT2D eigenvalue weighted by atomic mass is 10.0. The number of likely N-dealkylation sites (tertiary alicyclic amines) is 1. The van der Waals surface area contributed by atoms with Gasteiger partial charge in [-0.05, 0) is 11.8 Å². The number of carbonyl (C=O) groups is 1. The summed E-state index contributed by atoms with van der Waals surface area (Å²) in [5.41, 5.74) is 5.30. The van der Waals surface area contributed by atoms with E-state index in [1.54, 1.807) is 0 Å². The number of nitrogens with zero attached hydrogens (tertiary/aromatic N) is 1. The van der Waals surface area contributed by atoms with Crippen LogP contribution in [0.2, 0.25) is 0 Å². The smallest absolute Gasteiger partial charge is 0.234 e. The lowest BCUT2D eigenvalue weighted by molar-refractivity contribution is -0.122. The summed E-state index contributed by atoms with van der Waals surface area (Å²) in [6.07, 6.45) is 0. The summed E-state index contributed by atoms with van der Waals surface area (Å²) in [5.74, 6) is 1.51. The zero-order chi connectivity index (χ0) is 10.6. The number of carbonyl (C=O) groups excluding carboxylic acids is 1. The molecule has 1 fully saturated rings. The van der Waals surface area contributed by atoms with E-state index in [1.807, 2.05) is 0 Å². The van der Waals surface area contributed by atoms with Crippen molar-refractivity contribution in [1.82, 2.24) is 10.2 Å². The van der Waals surface area contributed by atoms with Crippen molar-refractivity contribution >= 4 is 5.91 Å². The average molecular weight is 199 g/mol. The van der Waals surface area contributed by atoms with Gasteiger partial charge in [-0.2, -0.15) is 0 Å². The summed E-state index contributed by atoms with van der Waals surface area (Å²) < 4.78 is 0. The van der Waals surface area contributed by atoms with Crippen LogP contribution in [0.25, 0.3) is 0 Å². The molecule has 1 heterocycles. The molecule has 4 heteroatoms. The molecule has 82 valence electrons. The maximum atomic E-state index is 11.4. The van der Waals surface area contributed by atoms with Crippen LogP contribution in [0.1, 0.15) is 13.8 Å². The molecule has 1 rings (SSSR count). The molecule has 0 aromatic heterocycles. The summed E-state index contributed by atoms with van der Waals surface area (Å²) in [7, 11) is 0. The highest BCUT2D eigenvalue weighted by Gasteiger charge is 2.26. The summed E-state index contributed by atoms with van der Waals surface area (Å²) >= 11 is 0. The monoisotopic (exact) mass is 199 g/mol. The maximum absolute atomic E-state index is 11.4. The van der Waals surface area contributed by atoms with Crippen LogP contribution in [0, 0.1) is 11.8 Å². The number of rotatable bonds is 4. The molecule has 1 aliphatic rings. The molecule has 0 aliphatic carbocycles. The van der Waals surface area contributed by atoms with Gasteiger partial charge in [0.15, 0.2) is 0 Å². The van der Waals surface area contributed by atoms with Crippen molar-refractivity contribution < 1.29 is 4.79 Å². The van der Waals surface area contributed by atoms with Crippen LogP contribution < -0.4 is 11.1 Å². The molecule has 2 atom stereocenters. The average Bonchev–Trinajstić information content (AvgIpc) is 2.42. The molecular weight excluding hydrogens is 178 g/mol. The van der Waals surface area contributed by atoms with Gasteiger partial charge >= 0.3 is 0 Å². The van der Waals surface area contributed by atoms with Crippen molar-refractivity contribution in [3.05, 3.63) is 0 Å². The highest BCUT2D eigenvalue weighted by molar-refractivity contribution is 5.78. The topological polar surface area (TPSA) is 58.4 Å². The van der Waals surface area contributed by atoms with Gasteiger partial charge in [0.2, 0.25) is 5.91 Å². The van der Waals surface area contributed by atoms with E-state index in [0.29, 0.717) is 31.5 Å². The molecule has 0 aromatic rings. The molecule has 1 amide bonds. The Hall–Kier alpha value is -0.610. The van der Waals surface area contributed by atoms with Gasteiger partial charge in [-0.1, -0.05) is 13.8 Å². The van der Waals surface area contributed by atoms with Gasteiger partial charge in [-0.25, -0.2) is 0 Å². The van der Waals surface area contributed by atoms with E-state index >= 15 is 0 Å². The molecule has 0 bridgehead atoms. The largest absolute Gasteiger partial charge is 0.354 e. The zero-order valence-corrected chi connectivity index (χ0v) is 9.12. The van der Waals surface area contributed by atoms with Gasteiger partial charge in [-0.15, -0.1) is 0 Å². The summed E-state index contributed by atoms with van der Waals surface area (Å²) in [6.45, 7) is 8.17. The fourth-order valence-electron chi connectivity index (χ4n) is 1.85. The lowest BCUT2D eigenvalue weighted by Gasteiger charge is -2.14. The third-order valence-corrected chi connectivity index (χ3v) is 2.90. The fraction of sp³-hybridized carbons (Fsp3) is 0.900. The van der Waals surface area contributed by atoms with E-state index in [4.69, 9.17) is 5.73 Å². The van der Waals surface area contributed by atoms with E-state index < -0.39 is 0 Å². The van der Waals surface area contributed by atoms with Crippen molar-refractivity contribution in [2.45, 2.75) is 13.8 Å². The quantitative estimate of drug-likeness (QED) is 0.650. The molecule has 1 saturated heterocycles. The third-order valence-electron chi connectivity index (χ3n) is 2.90. The predicted octanol–water partition coefficient (Wildman–Crippen LogP) is -0.351. The van der Waals surface area contributed by atoms with Gasteiger partial charge < -0.3 is 11.1 Å². The van der Waals surface area contributed by atoms with E-state index in [0.717, 1.165) is 13.1 Å². The lowest BCUT2D eigenvalue weighted by Crippen LogP contribution is -2.38. The molecule has 0 radical (unpaired) electrons. The Bertz CT molecular complexity index is 186. The van der Waals surface area contributed by atoms with Gasteiger partial charge in [0.25, 0.3) is 0 Å². The fourth-order valence-corrected chi connectivity index (χ4v) is 1.85. The van der Waals surface area contributed by atoms with Crippen LogP contribution in [0.5, 0.6) is 0 Å². The first-order valence-corrected chi connectivity index (χ1v) is 5.32. The minimum atomic E-state index is 0.0942.